The van der Waals surface area contributed by atoms with Crippen molar-refractivity contribution in [1.82, 2.24) is 21.3 Å². The summed E-state index contributed by atoms with van der Waals surface area (Å²) in [4.78, 5) is 25.4. The average molecular weight is 376 g/mol. The van der Waals surface area contributed by atoms with Gasteiger partial charge < -0.3 is 21.3 Å². The molecule has 0 radical (unpaired) electrons. The summed E-state index contributed by atoms with van der Waals surface area (Å²) < 4.78 is 0. The molecule has 6 nitrogen and oxygen atoms in total. The first-order chi connectivity index (χ1) is 13.7. The monoisotopic (exact) mass is 376 g/mol. The van der Waals surface area contributed by atoms with Crippen molar-refractivity contribution in [3.05, 3.63) is 71.8 Å². The van der Waals surface area contributed by atoms with Crippen molar-refractivity contribution in [2.45, 2.75) is 37.0 Å². The van der Waals surface area contributed by atoms with Crippen LogP contribution in [0.15, 0.2) is 60.7 Å². The molecule has 2 heterocycles. The van der Waals surface area contributed by atoms with Crippen LogP contribution in [0.5, 0.6) is 0 Å². The number of carbonyl (C=O) groups excluding carboxylic acids is 2. The van der Waals surface area contributed by atoms with E-state index in [1.54, 1.807) is 0 Å². The third kappa shape index (κ3) is 2.63. The van der Waals surface area contributed by atoms with E-state index in [9.17, 15) is 9.59 Å². The Morgan fingerprint density at radius 3 is 1.54 bits per heavy atom. The lowest BCUT2D eigenvalue weighted by molar-refractivity contribution is -0.0123. The molecule has 4 atom stereocenters. The van der Waals surface area contributed by atoms with E-state index < -0.39 is 5.66 Å². The molecule has 2 aromatic rings. The summed E-state index contributed by atoms with van der Waals surface area (Å²) in [6, 6.07) is 19.4. The first-order valence-corrected chi connectivity index (χ1v) is 9.94. The minimum absolute atomic E-state index is 0.0728. The Hall–Kier alpha value is -3.02. The van der Waals surface area contributed by atoms with Gasteiger partial charge in [0.15, 0.2) is 0 Å². The van der Waals surface area contributed by atoms with Gasteiger partial charge in [-0.3, -0.25) is 0 Å². The molecule has 0 bridgehead atoms. The minimum atomic E-state index is -0.760. The van der Waals surface area contributed by atoms with Crippen molar-refractivity contribution in [3.8, 4) is 0 Å². The van der Waals surface area contributed by atoms with Gasteiger partial charge in [-0.1, -0.05) is 67.1 Å². The normalized spacial score (nSPS) is 34.0. The van der Waals surface area contributed by atoms with Crippen LogP contribution in [0.3, 0.4) is 0 Å². The fourth-order valence-corrected chi connectivity index (χ4v) is 5.43. The standard InChI is InChI=1S/C22H24N4O2/c27-20-23-18(14-8-3-1-4-9-14)16-12-7-13-17-19(15-10-5-2-6-11-15)24-21(28)26-22(16,17)25-20/h1-6,8-11,16-19H,7,12-13H2,(H2,23,25,27)(H2,24,26,28)/t16-,17-,18+,19+,22?/m0/s1. The molecular weight excluding hydrogens is 352 g/mol. The number of hydrogen-bond acceptors (Lipinski definition) is 2. The predicted molar refractivity (Wildman–Crippen MR) is 105 cm³/mol. The van der Waals surface area contributed by atoms with Gasteiger partial charge in [0, 0.05) is 11.8 Å². The van der Waals surface area contributed by atoms with E-state index in [4.69, 9.17) is 0 Å². The average Bonchev–Trinajstić information content (AvgIpc) is 2.72. The molecule has 3 fully saturated rings. The smallest absolute Gasteiger partial charge is 0.317 e. The van der Waals surface area contributed by atoms with Gasteiger partial charge in [0.05, 0.1) is 12.1 Å². The SMILES string of the molecule is O=C1N[C@H](c2ccccc2)[C@@H]2CCC[C@H]3[C@@H](c4ccccc4)NC(=O)NC23N1. The van der Waals surface area contributed by atoms with E-state index >= 15 is 0 Å². The number of carbonyl (C=O) groups is 2. The van der Waals surface area contributed by atoms with E-state index in [0.717, 1.165) is 30.4 Å². The molecule has 2 aromatic carbocycles. The van der Waals surface area contributed by atoms with Crippen LogP contribution in [0.2, 0.25) is 0 Å². The molecule has 5 rings (SSSR count). The van der Waals surface area contributed by atoms with Crippen molar-refractivity contribution < 1.29 is 9.59 Å². The highest BCUT2D eigenvalue weighted by Gasteiger charge is 2.60. The molecule has 1 aliphatic carbocycles. The molecule has 4 N–H and O–H groups in total. The Bertz CT molecular complexity index is 812. The fourth-order valence-electron chi connectivity index (χ4n) is 5.43. The van der Waals surface area contributed by atoms with E-state index in [-0.39, 0.29) is 36.0 Å². The maximum Gasteiger partial charge on any atom is 0.317 e. The van der Waals surface area contributed by atoms with Gasteiger partial charge in [0.1, 0.15) is 5.66 Å². The van der Waals surface area contributed by atoms with Crippen LogP contribution in [-0.4, -0.2) is 17.7 Å². The zero-order chi connectivity index (χ0) is 19.1. The summed E-state index contributed by atoms with van der Waals surface area (Å²) in [5.74, 6) is 0.146. The Balaban J connectivity index is 1.59. The molecule has 28 heavy (non-hydrogen) atoms. The lowest BCUT2D eigenvalue weighted by Crippen LogP contribution is -2.80. The van der Waals surface area contributed by atoms with Crippen LogP contribution in [0.1, 0.15) is 42.5 Å². The van der Waals surface area contributed by atoms with Gasteiger partial charge in [0.2, 0.25) is 0 Å². The summed E-state index contributed by atoms with van der Waals surface area (Å²) in [6.07, 6.45) is 2.93. The van der Waals surface area contributed by atoms with Crippen LogP contribution < -0.4 is 21.3 Å². The zero-order valence-electron chi connectivity index (χ0n) is 15.5. The van der Waals surface area contributed by atoms with Crippen LogP contribution in [-0.2, 0) is 0 Å². The van der Waals surface area contributed by atoms with Crippen LogP contribution in [0.4, 0.5) is 9.59 Å². The number of benzene rings is 2. The van der Waals surface area contributed by atoms with E-state index in [1.807, 2.05) is 60.7 Å². The minimum Gasteiger partial charge on any atom is -0.331 e. The Labute approximate surface area is 164 Å². The summed E-state index contributed by atoms with van der Waals surface area (Å²) in [7, 11) is 0. The molecular formula is C22H24N4O2. The molecule has 6 heteroatoms. The lowest BCUT2D eigenvalue weighted by atomic mass is 9.62. The third-order valence-electron chi connectivity index (χ3n) is 6.54. The molecule has 0 aromatic heterocycles. The molecule has 2 saturated heterocycles. The largest absolute Gasteiger partial charge is 0.331 e. The lowest BCUT2D eigenvalue weighted by Gasteiger charge is -2.59. The second-order valence-electron chi connectivity index (χ2n) is 7.99. The highest BCUT2D eigenvalue weighted by Crippen LogP contribution is 2.50. The van der Waals surface area contributed by atoms with Crippen LogP contribution in [0.25, 0.3) is 0 Å². The summed E-state index contributed by atoms with van der Waals surface area (Å²) in [5.41, 5.74) is 1.39. The van der Waals surface area contributed by atoms with Crippen molar-refractivity contribution in [1.29, 1.82) is 0 Å². The van der Waals surface area contributed by atoms with Crippen LogP contribution in [0, 0.1) is 11.8 Å². The van der Waals surface area contributed by atoms with Crippen molar-refractivity contribution in [3.63, 3.8) is 0 Å². The Morgan fingerprint density at radius 2 is 1.11 bits per heavy atom. The number of urea groups is 2. The van der Waals surface area contributed by atoms with Gasteiger partial charge in [0.25, 0.3) is 0 Å². The molecule has 1 spiro atoms. The maximum atomic E-state index is 12.7. The van der Waals surface area contributed by atoms with E-state index in [1.165, 1.54) is 0 Å². The predicted octanol–water partition coefficient (Wildman–Crippen LogP) is 3.21. The van der Waals surface area contributed by atoms with E-state index in [0.29, 0.717) is 0 Å². The van der Waals surface area contributed by atoms with Crippen molar-refractivity contribution >= 4 is 12.1 Å². The first-order valence-electron chi connectivity index (χ1n) is 9.94. The molecule has 1 saturated carbocycles. The van der Waals surface area contributed by atoms with Crippen molar-refractivity contribution in [2.24, 2.45) is 11.8 Å². The first kappa shape index (κ1) is 17.1. The highest BCUT2D eigenvalue weighted by molar-refractivity contribution is 5.81. The fraction of sp³-hybridized carbons (Fsp3) is 0.364. The molecule has 2 aliphatic heterocycles. The molecule has 144 valence electrons. The van der Waals surface area contributed by atoms with Crippen LogP contribution >= 0.6 is 0 Å². The summed E-state index contributed by atoms with van der Waals surface area (Å²) >= 11 is 0. The van der Waals surface area contributed by atoms with Gasteiger partial charge >= 0.3 is 12.1 Å². The summed E-state index contributed by atoms with van der Waals surface area (Å²) in [5, 5.41) is 12.5. The maximum absolute atomic E-state index is 12.7. The topological polar surface area (TPSA) is 82.3 Å². The second kappa shape index (κ2) is 6.55. The zero-order valence-corrected chi connectivity index (χ0v) is 15.5. The summed E-state index contributed by atoms with van der Waals surface area (Å²) in [6.45, 7) is 0. The quantitative estimate of drug-likeness (QED) is 0.649. The highest BCUT2D eigenvalue weighted by atomic mass is 16.2. The molecule has 4 amide bonds. The second-order valence-corrected chi connectivity index (χ2v) is 7.99. The van der Waals surface area contributed by atoms with Gasteiger partial charge in [-0.25, -0.2) is 9.59 Å². The van der Waals surface area contributed by atoms with Gasteiger partial charge in [-0.15, -0.1) is 0 Å². The molecule has 0 unspecified atom stereocenters. The van der Waals surface area contributed by atoms with Gasteiger partial charge in [-0.05, 0) is 24.0 Å². The Kier molecular flexibility index (Phi) is 4.00. The van der Waals surface area contributed by atoms with Gasteiger partial charge in [-0.2, -0.15) is 0 Å². The number of hydrogen-bond donors (Lipinski definition) is 4. The number of amides is 4. The third-order valence-corrected chi connectivity index (χ3v) is 6.54. The molecule has 3 aliphatic rings. The number of rotatable bonds is 2. The Morgan fingerprint density at radius 1 is 0.679 bits per heavy atom. The van der Waals surface area contributed by atoms with E-state index in [2.05, 4.69) is 21.3 Å². The van der Waals surface area contributed by atoms with Crippen molar-refractivity contribution in [2.75, 3.05) is 0 Å². The number of nitrogens with one attached hydrogen (secondary N) is 4.